The second-order valence-corrected chi connectivity index (χ2v) is 5.51. The molecule has 1 rings (SSSR count). The maximum absolute atomic E-state index is 11.8. The number of carbonyl (C=O) groups is 1. The van der Waals surface area contributed by atoms with Crippen LogP contribution in [0.4, 0.5) is 0 Å². The Labute approximate surface area is 92.9 Å². The van der Waals surface area contributed by atoms with Gasteiger partial charge in [0.15, 0.2) is 0 Å². The molecule has 0 aliphatic carbocycles. The normalized spacial score (nSPS) is 11.5. The Kier molecular flexibility index (Phi) is 3.04. The molecule has 84 valence electrons. The van der Waals surface area contributed by atoms with Crippen LogP contribution in [0.25, 0.3) is 0 Å². The van der Waals surface area contributed by atoms with Gasteiger partial charge in [0.25, 0.3) is 5.91 Å². The smallest absolute Gasteiger partial charge is 0.307 e. The van der Waals surface area contributed by atoms with Crippen LogP contribution in [0.5, 0.6) is 0 Å². The summed E-state index contributed by atoms with van der Waals surface area (Å²) in [5.74, 6) is -0.178. The minimum absolute atomic E-state index is 0.105. The van der Waals surface area contributed by atoms with Crippen molar-refractivity contribution in [2.24, 2.45) is 7.05 Å². The van der Waals surface area contributed by atoms with Gasteiger partial charge in [0.05, 0.1) is 0 Å². The molecule has 0 radical (unpaired) electrons. The Morgan fingerprint density at radius 2 is 1.93 bits per heavy atom. The van der Waals surface area contributed by atoms with Crippen molar-refractivity contribution in [2.75, 3.05) is 0 Å². The van der Waals surface area contributed by atoms with E-state index in [1.54, 1.807) is 14.0 Å². The lowest BCUT2D eigenvalue weighted by molar-refractivity contribution is 0.0922. The Balaban J connectivity index is 3.03. The van der Waals surface area contributed by atoms with Gasteiger partial charge < -0.3 is 9.88 Å². The van der Waals surface area contributed by atoms with E-state index in [-0.39, 0.29) is 16.3 Å². The molecule has 0 aliphatic heterocycles. The maximum atomic E-state index is 11.8. The Bertz CT molecular complexity index is 437. The van der Waals surface area contributed by atoms with E-state index in [0.717, 1.165) is 11.3 Å². The highest BCUT2D eigenvalue weighted by molar-refractivity contribution is 7.11. The van der Waals surface area contributed by atoms with Crippen LogP contribution in [0.3, 0.4) is 0 Å². The third kappa shape index (κ3) is 2.68. The molecule has 1 amide bonds. The fourth-order valence-electron chi connectivity index (χ4n) is 1.13. The first kappa shape index (κ1) is 12.0. The second kappa shape index (κ2) is 3.81. The minimum Gasteiger partial charge on any atom is -0.347 e. The van der Waals surface area contributed by atoms with Gasteiger partial charge >= 0.3 is 4.87 Å². The molecule has 0 saturated heterocycles. The van der Waals surface area contributed by atoms with Gasteiger partial charge in [-0.3, -0.25) is 9.59 Å². The number of carbonyl (C=O) groups excluding carboxylic acids is 1. The van der Waals surface area contributed by atoms with Crippen LogP contribution >= 0.6 is 11.3 Å². The molecule has 0 atom stereocenters. The molecule has 1 heterocycles. The van der Waals surface area contributed by atoms with Crippen molar-refractivity contribution in [3.63, 3.8) is 0 Å². The molecular weight excluding hydrogens is 212 g/mol. The van der Waals surface area contributed by atoms with Crippen LogP contribution in [0.2, 0.25) is 0 Å². The molecule has 0 bridgehead atoms. The van der Waals surface area contributed by atoms with Crippen LogP contribution in [0, 0.1) is 6.92 Å². The van der Waals surface area contributed by atoms with Crippen molar-refractivity contribution in [2.45, 2.75) is 33.2 Å². The van der Waals surface area contributed by atoms with Gasteiger partial charge in [0.2, 0.25) is 0 Å². The SMILES string of the molecule is Cc1c(C(=O)NC(C)(C)C)sc(=O)n1C. The van der Waals surface area contributed by atoms with E-state index in [2.05, 4.69) is 5.32 Å². The van der Waals surface area contributed by atoms with E-state index < -0.39 is 0 Å². The molecule has 0 unspecified atom stereocenters. The van der Waals surface area contributed by atoms with Gasteiger partial charge in [0.1, 0.15) is 4.88 Å². The van der Waals surface area contributed by atoms with E-state index >= 15 is 0 Å². The number of aromatic nitrogens is 1. The van der Waals surface area contributed by atoms with E-state index in [0.29, 0.717) is 10.6 Å². The molecule has 0 saturated carbocycles. The molecule has 4 nitrogen and oxygen atoms in total. The summed E-state index contributed by atoms with van der Waals surface area (Å²) < 4.78 is 1.49. The van der Waals surface area contributed by atoms with E-state index in [9.17, 15) is 9.59 Å². The molecular formula is C10H16N2O2S. The third-order valence-electron chi connectivity index (χ3n) is 1.99. The Morgan fingerprint density at radius 3 is 2.27 bits per heavy atom. The molecule has 0 fully saturated rings. The van der Waals surface area contributed by atoms with Crippen LogP contribution in [-0.2, 0) is 7.05 Å². The van der Waals surface area contributed by atoms with Gasteiger partial charge in [-0.25, -0.2) is 0 Å². The summed E-state index contributed by atoms with van der Waals surface area (Å²) in [6, 6.07) is 0. The number of hydrogen-bond acceptors (Lipinski definition) is 3. The lowest BCUT2D eigenvalue weighted by atomic mass is 10.1. The molecule has 0 spiro atoms. The number of hydrogen-bond donors (Lipinski definition) is 1. The molecule has 15 heavy (non-hydrogen) atoms. The summed E-state index contributed by atoms with van der Waals surface area (Å²) in [6.07, 6.45) is 0. The highest BCUT2D eigenvalue weighted by Crippen LogP contribution is 2.12. The predicted octanol–water partition coefficient (Wildman–Crippen LogP) is 1.28. The monoisotopic (exact) mass is 228 g/mol. The first-order valence-corrected chi connectivity index (χ1v) is 5.53. The van der Waals surface area contributed by atoms with Crippen LogP contribution in [-0.4, -0.2) is 16.0 Å². The van der Waals surface area contributed by atoms with Crippen molar-refractivity contribution in [3.8, 4) is 0 Å². The number of rotatable bonds is 1. The minimum atomic E-state index is -0.283. The first-order chi connectivity index (χ1) is 6.72. The lowest BCUT2D eigenvalue weighted by Gasteiger charge is -2.19. The van der Waals surface area contributed by atoms with Gasteiger partial charge in [-0.15, -0.1) is 0 Å². The highest BCUT2D eigenvalue weighted by atomic mass is 32.1. The van der Waals surface area contributed by atoms with Crippen molar-refractivity contribution in [1.29, 1.82) is 0 Å². The number of thiazole rings is 1. The molecule has 0 aromatic carbocycles. The molecule has 0 aliphatic rings. The zero-order valence-corrected chi connectivity index (χ0v) is 10.5. The average Bonchev–Trinajstić information content (AvgIpc) is 2.30. The molecule has 1 aromatic heterocycles. The third-order valence-corrected chi connectivity index (χ3v) is 3.12. The van der Waals surface area contributed by atoms with Crippen molar-refractivity contribution in [1.82, 2.24) is 9.88 Å². The summed E-state index contributed by atoms with van der Waals surface area (Å²) in [5, 5.41) is 2.84. The summed E-state index contributed by atoms with van der Waals surface area (Å²) in [5.41, 5.74) is 0.432. The van der Waals surface area contributed by atoms with Gasteiger partial charge in [-0.2, -0.15) is 0 Å². The predicted molar refractivity (Wildman–Crippen MR) is 61.5 cm³/mol. The summed E-state index contributed by atoms with van der Waals surface area (Å²) in [6.45, 7) is 7.50. The van der Waals surface area contributed by atoms with Crippen molar-refractivity contribution in [3.05, 3.63) is 20.2 Å². The maximum Gasteiger partial charge on any atom is 0.307 e. The Morgan fingerprint density at radius 1 is 1.40 bits per heavy atom. The molecule has 1 aromatic rings. The standard InChI is InChI=1S/C10H16N2O2S/c1-6-7(15-9(14)12(6)5)8(13)11-10(2,3)4/h1-5H3,(H,11,13). The van der Waals surface area contributed by atoms with Crippen LogP contribution in [0.15, 0.2) is 4.79 Å². The van der Waals surface area contributed by atoms with Crippen LogP contribution in [0.1, 0.15) is 36.1 Å². The Hall–Kier alpha value is -1.10. The summed E-state index contributed by atoms with van der Waals surface area (Å²) in [7, 11) is 1.67. The fraction of sp³-hybridized carbons (Fsp3) is 0.600. The van der Waals surface area contributed by atoms with Crippen LogP contribution < -0.4 is 10.2 Å². The van der Waals surface area contributed by atoms with Crippen molar-refractivity contribution < 1.29 is 4.79 Å². The first-order valence-electron chi connectivity index (χ1n) is 4.71. The quantitative estimate of drug-likeness (QED) is 0.787. The van der Waals surface area contributed by atoms with E-state index in [1.165, 1.54) is 4.57 Å². The molecule has 1 N–H and O–H groups in total. The zero-order chi connectivity index (χ0) is 11.8. The summed E-state index contributed by atoms with van der Waals surface area (Å²) >= 11 is 0.985. The van der Waals surface area contributed by atoms with E-state index in [4.69, 9.17) is 0 Å². The number of amides is 1. The van der Waals surface area contributed by atoms with Gasteiger partial charge in [-0.05, 0) is 27.7 Å². The summed E-state index contributed by atoms with van der Waals surface area (Å²) in [4.78, 5) is 23.5. The van der Waals surface area contributed by atoms with Gasteiger partial charge in [0, 0.05) is 18.3 Å². The second-order valence-electron chi connectivity index (χ2n) is 4.55. The van der Waals surface area contributed by atoms with Gasteiger partial charge in [-0.1, -0.05) is 11.3 Å². The topological polar surface area (TPSA) is 51.1 Å². The molecule has 5 heteroatoms. The number of nitrogens with one attached hydrogen (secondary N) is 1. The fourth-order valence-corrected chi connectivity index (χ4v) is 2.00. The van der Waals surface area contributed by atoms with E-state index in [1.807, 2.05) is 20.8 Å². The lowest BCUT2D eigenvalue weighted by Crippen LogP contribution is -2.40. The largest absolute Gasteiger partial charge is 0.347 e. The number of nitrogens with zero attached hydrogens (tertiary/aromatic N) is 1. The highest BCUT2D eigenvalue weighted by Gasteiger charge is 2.20. The average molecular weight is 228 g/mol. The zero-order valence-electron chi connectivity index (χ0n) is 9.67. The van der Waals surface area contributed by atoms with Crippen molar-refractivity contribution >= 4 is 17.2 Å².